The minimum Gasteiger partial charge on any atom is -0.481 e. The topological polar surface area (TPSA) is 66.4 Å². The molecular formula is C15H20ClNO3. The van der Waals surface area contributed by atoms with E-state index < -0.39 is 5.97 Å². The smallest absolute Gasteiger partial charge is 0.303 e. The number of benzene rings is 1. The van der Waals surface area contributed by atoms with E-state index in [4.69, 9.17) is 16.7 Å². The largest absolute Gasteiger partial charge is 0.481 e. The lowest BCUT2D eigenvalue weighted by molar-refractivity contribution is -0.137. The molecule has 0 heterocycles. The normalized spacial score (nSPS) is 10.2. The molecule has 5 heteroatoms. The summed E-state index contributed by atoms with van der Waals surface area (Å²) < 4.78 is 0. The van der Waals surface area contributed by atoms with Gasteiger partial charge in [-0.3, -0.25) is 9.59 Å². The molecular weight excluding hydrogens is 278 g/mol. The number of carbonyl (C=O) groups excluding carboxylic acids is 1. The molecule has 110 valence electrons. The second-order valence-corrected chi connectivity index (χ2v) is 5.11. The predicted molar refractivity (Wildman–Crippen MR) is 79.1 cm³/mol. The standard InChI is InChI=1S/C15H20ClNO3/c16-13-9-7-12(8-10-13)15(20)17-11-5-3-1-2-4-6-14(18)19/h7-10H,1-6,11H2,(H,17,20)(H,18,19). The van der Waals surface area contributed by atoms with Gasteiger partial charge in [0.2, 0.25) is 0 Å². The van der Waals surface area contributed by atoms with E-state index in [1.165, 1.54) is 0 Å². The molecule has 20 heavy (non-hydrogen) atoms. The summed E-state index contributed by atoms with van der Waals surface area (Å²) in [4.78, 5) is 22.1. The van der Waals surface area contributed by atoms with Crippen molar-refractivity contribution in [3.63, 3.8) is 0 Å². The average molecular weight is 298 g/mol. The molecule has 2 N–H and O–H groups in total. The van der Waals surface area contributed by atoms with Crippen LogP contribution in [-0.4, -0.2) is 23.5 Å². The maximum Gasteiger partial charge on any atom is 0.303 e. The average Bonchev–Trinajstić information content (AvgIpc) is 2.42. The number of amides is 1. The molecule has 1 aromatic carbocycles. The number of nitrogens with one attached hydrogen (secondary N) is 1. The fourth-order valence-corrected chi connectivity index (χ4v) is 1.96. The maximum atomic E-state index is 11.7. The minimum atomic E-state index is -0.736. The maximum absolute atomic E-state index is 11.7. The van der Waals surface area contributed by atoms with Gasteiger partial charge in [0.1, 0.15) is 0 Å². The van der Waals surface area contributed by atoms with Gasteiger partial charge in [-0.1, -0.05) is 30.9 Å². The van der Waals surface area contributed by atoms with Crippen molar-refractivity contribution in [2.24, 2.45) is 0 Å². The van der Waals surface area contributed by atoms with E-state index in [1.54, 1.807) is 24.3 Å². The number of hydrogen-bond donors (Lipinski definition) is 2. The van der Waals surface area contributed by atoms with Gasteiger partial charge in [0.15, 0.2) is 0 Å². The number of rotatable bonds is 9. The van der Waals surface area contributed by atoms with Crippen LogP contribution in [0.3, 0.4) is 0 Å². The van der Waals surface area contributed by atoms with Gasteiger partial charge in [-0.05, 0) is 37.1 Å². The van der Waals surface area contributed by atoms with Gasteiger partial charge in [0.25, 0.3) is 5.91 Å². The Balaban J connectivity index is 2.05. The van der Waals surface area contributed by atoms with Gasteiger partial charge in [0.05, 0.1) is 0 Å². The van der Waals surface area contributed by atoms with E-state index in [0.717, 1.165) is 32.1 Å². The molecule has 1 aromatic rings. The molecule has 0 fully saturated rings. The van der Waals surface area contributed by atoms with Crippen molar-refractivity contribution < 1.29 is 14.7 Å². The Bertz CT molecular complexity index is 431. The molecule has 0 radical (unpaired) electrons. The minimum absolute atomic E-state index is 0.0902. The second-order valence-electron chi connectivity index (χ2n) is 4.67. The molecule has 0 unspecified atom stereocenters. The summed E-state index contributed by atoms with van der Waals surface area (Å²) in [5, 5.41) is 12.0. The van der Waals surface area contributed by atoms with E-state index in [2.05, 4.69) is 5.32 Å². The Hall–Kier alpha value is -1.55. The van der Waals surface area contributed by atoms with Crippen LogP contribution in [0, 0.1) is 0 Å². The van der Waals surface area contributed by atoms with E-state index >= 15 is 0 Å². The number of unbranched alkanes of at least 4 members (excludes halogenated alkanes) is 4. The second kappa shape index (κ2) is 9.37. The third-order valence-electron chi connectivity index (χ3n) is 2.96. The zero-order chi connectivity index (χ0) is 14.8. The van der Waals surface area contributed by atoms with E-state index in [0.29, 0.717) is 17.1 Å². The van der Waals surface area contributed by atoms with Crippen LogP contribution in [0.15, 0.2) is 24.3 Å². The predicted octanol–water partition coefficient (Wildman–Crippen LogP) is 3.50. The van der Waals surface area contributed by atoms with Crippen molar-refractivity contribution in [3.05, 3.63) is 34.9 Å². The highest BCUT2D eigenvalue weighted by molar-refractivity contribution is 6.30. The van der Waals surface area contributed by atoms with Crippen LogP contribution in [0.2, 0.25) is 5.02 Å². The van der Waals surface area contributed by atoms with Gasteiger partial charge in [-0.15, -0.1) is 0 Å². The SMILES string of the molecule is O=C(O)CCCCCCCNC(=O)c1ccc(Cl)cc1. The Morgan fingerprint density at radius 1 is 1.00 bits per heavy atom. The molecule has 0 aliphatic heterocycles. The van der Waals surface area contributed by atoms with Gasteiger partial charge < -0.3 is 10.4 Å². The Labute approximate surface area is 124 Å². The van der Waals surface area contributed by atoms with Crippen molar-refractivity contribution in [1.29, 1.82) is 0 Å². The van der Waals surface area contributed by atoms with Crippen LogP contribution in [0.1, 0.15) is 48.9 Å². The molecule has 0 aliphatic carbocycles. The third kappa shape index (κ3) is 7.14. The monoisotopic (exact) mass is 297 g/mol. The summed E-state index contributed by atoms with van der Waals surface area (Å²) in [5.41, 5.74) is 0.607. The first-order chi connectivity index (χ1) is 9.59. The van der Waals surface area contributed by atoms with Gasteiger partial charge in [0, 0.05) is 23.6 Å². The van der Waals surface area contributed by atoms with Crippen LogP contribution < -0.4 is 5.32 Å². The van der Waals surface area contributed by atoms with Gasteiger partial charge >= 0.3 is 5.97 Å². The summed E-state index contributed by atoms with van der Waals surface area (Å²) in [5.74, 6) is -0.826. The summed E-state index contributed by atoms with van der Waals surface area (Å²) in [6.07, 6.45) is 4.81. The van der Waals surface area contributed by atoms with Crippen molar-refractivity contribution in [1.82, 2.24) is 5.32 Å². The highest BCUT2D eigenvalue weighted by Gasteiger charge is 2.03. The number of aliphatic carboxylic acids is 1. The van der Waals surface area contributed by atoms with Crippen LogP contribution in [0.4, 0.5) is 0 Å². The Kier molecular flexibility index (Phi) is 7.73. The lowest BCUT2D eigenvalue weighted by Crippen LogP contribution is -2.24. The molecule has 1 rings (SSSR count). The molecule has 0 aliphatic rings. The summed E-state index contributed by atoms with van der Waals surface area (Å²) in [7, 11) is 0. The van der Waals surface area contributed by atoms with E-state index in [-0.39, 0.29) is 12.3 Å². The Morgan fingerprint density at radius 3 is 2.25 bits per heavy atom. The zero-order valence-electron chi connectivity index (χ0n) is 11.4. The number of hydrogen-bond acceptors (Lipinski definition) is 2. The first-order valence-corrected chi connectivity index (χ1v) is 7.23. The summed E-state index contributed by atoms with van der Waals surface area (Å²) in [6, 6.07) is 6.78. The fraction of sp³-hybridized carbons (Fsp3) is 0.467. The van der Waals surface area contributed by atoms with Crippen LogP contribution in [0.5, 0.6) is 0 Å². The molecule has 0 aromatic heterocycles. The number of carbonyl (C=O) groups is 2. The van der Waals surface area contributed by atoms with Crippen LogP contribution in [0.25, 0.3) is 0 Å². The molecule has 0 spiro atoms. The van der Waals surface area contributed by atoms with Crippen molar-refractivity contribution in [2.45, 2.75) is 38.5 Å². The number of carboxylic acids is 1. The quantitative estimate of drug-likeness (QED) is 0.686. The fourth-order valence-electron chi connectivity index (χ4n) is 1.84. The highest BCUT2D eigenvalue weighted by atomic mass is 35.5. The molecule has 0 saturated carbocycles. The highest BCUT2D eigenvalue weighted by Crippen LogP contribution is 2.09. The number of halogens is 1. The molecule has 1 amide bonds. The number of carboxylic acid groups (broad SMARTS) is 1. The lowest BCUT2D eigenvalue weighted by atomic mass is 10.1. The first kappa shape index (κ1) is 16.5. The third-order valence-corrected chi connectivity index (χ3v) is 3.21. The zero-order valence-corrected chi connectivity index (χ0v) is 12.2. The summed E-state index contributed by atoms with van der Waals surface area (Å²) >= 11 is 5.75. The van der Waals surface area contributed by atoms with Crippen LogP contribution in [-0.2, 0) is 4.79 Å². The lowest BCUT2D eigenvalue weighted by Gasteiger charge is -2.05. The van der Waals surface area contributed by atoms with Crippen LogP contribution >= 0.6 is 11.6 Å². The Morgan fingerprint density at radius 2 is 1.60 bits per heavy atom. The van der Waals surface area contributed by atoms with Crippen molar-refractivity contribution in [2.75, 3.05) is 6.54 Å². The van der Waals surface area contributed by atoms with Crippen molar-refractivity contribution in [3.8, 4) is 0 Å². The molecule has 0 bridgehead atoms. The summed E-state index contributed by atoms with van der Waals surface area (Å²) in [6.45, 7) is 0.639. The van der Waals surface area contributed by atoms with Gasteiger partial charge in [-0.2, -0.15) is 0 Å². The van der Waals surface area contributed by atoms with E-state index in [1.807, 2.05) is 0 Å². The molecule has 0 saturated heterocycles. The van der Waals surface area contributed by atoms with Crippen molar-refractivity contribution >= 4 is 23.5 Å². The van der Waals surface area contributed by atoms with E-state index in [9.17, 15) is 9.59 Å². The molecule has 0 atom stereocenters. The van der Waals surface area contributed by atoms with Gasteiger partial charge in [-0.25, -0.2) is 0 Å². The first-order valence-electron chi connectivity index (χ1n) is 6.85. The molecule has 4 nitrogen and oxygen atoms in total.